The Hall–Kier alpha value is -1.44. The van der Waals surface area contributed by atoms with Crippen LogP contribution < -0.4 is 0 Å². The molecule has 0 unspecified atom stereocenters. The largest absolute Gasteiger partial charge is 0.395 e. The van der Waals surface area contributed by atoms with E-state index in [1.807, 2.05) is 25.4 Å². The lowest BCUT2D eigenvalue weighted by molar-refractivity contribution is 0.0804. The van der Waals surface area contributed by atoms with Crippen LogP contribution in [-0.4, -0.2) is 48.1 Å². The maximum absolute atomic E-state index is 12.1. The number of aliphatic hydroxyl groups excluding tert-OH is 1. The molecule has 1 aromatic carbocycles. The Bertz CT molecular complexity index is 459. The van der Waals surface area contributed by atoms with Gasteiger partial charge in [-0.25, -0.2) is 0 Å². The van der Waals surface area contributed by atoms with Gasteiger partial charge in [0.2, 0.25) is 0 Å². The summed E-state index contributed by atoms with van der Waals surface area (Å²) in [5.41, 5.74) is 1.54. The molecule has 0 saturated carbocycles. The first kappa shape index (κ1) is 15.6. The molecule has 0 bridgehead atoms. The summed E-state index contributed by atoms with van der Waals surface area (Å²) in [6, 6.07) is 7.25. The van der Waals surface area contributed by atoms with E-state index in [4.69, 9.17) is 5.11 Å². The second kappa shape index (κ2) is 8.63. The molecule has 1 N–H and O–H groups in total. The summed E-state index contributed by atoms with van der Waals surface area (Å²) < 4.78 is 0. The smallest absolute Gasteiger partial charge is 0.253 e. The third-order valence-electron chi connectivity index (χ3n) is 2.58. The standard InChI is InChI=1S/C15H19NO2S/c1-16(10-12-19-2)15(18)14-8-6-13(7-9-14)5-3-4-11-17/h6-9,17H,4,10-12H2,1-2H3. The van der Waals surface area contributed by atoms with Gasteiger partial charge in [0, 0.05) is 36.9 Å². The highest BCUT2D eigenvalue weighted by molar-refractivity contribution is 7.98. The number of hydrogen-bond donors (Lipinski definition) is 1. The lowest BCUT2D eigenvalue weighted by Gasteiger charge is -2.16. The van der Waals surface area contributed by atoms with Gasteiger partial charge < -0.3 is 10.0 Å². The number of thioether (sulfide) groups is 1. The van der Waals surface area contributed by atoms with Crippen molar-refractivity contribution in [3.8, 4) is 11.8 Å². The monoisotopic (exact) mass is 277 g/mol. The van der Waals surface area contributed by atoms with Gasteiger partial charge in [0.25, 0.3) is 5.91 Å². The number of hydrogen-bond acceptors (Lipinski definition) is 3. The minimum atomic E-state index is 0.0314. The fourth-order valence-corrected chi connectivity index (χ4v) is 1.92. The van der Waals surface area contributed by atoms with Gasteiger partial charge in [-0.1, -0.05) is 11.8 Å². The molecule has 0 fully saturated rings. The van der Waals surface area contributed by atoms with Crippen LogP contribution in [-0.2, 0) is 0 Å². The van der Waals surface area contributed by atoms with Crippen LogP contribution in [0, 0.1) is 11.8 Å². The molecule has 19 heavy (non-hydrogen) atoms. The Balaban J connectivity index is 2.65. The number of amides is 1. The van der Waals surface area contributed by atoms with E-state index in [9.17, 15) is 4.79 Å². The summed E-state index contributed by atoms with van der Waals surface area (Å²) in [6.45, 7) is 0.821. The SMILES string of the molecule is CSCCN(C)C(=O)c1ccc(C#CCCO)cc1. The fourth-order valence-electron chi connectivity index (χ4n) is 1.47. The average molecular weight is 277 g/mol. The zero-order valence-electron chi connectivity index (χ0n) is 11.3. The summed E-state index contributed by atoms with van der Waals surface area (Å²) in [4.78, 5) is 13.8. The second-order valence-electron chi connectivity index (χ2n) is 4.07. The summed E-state index contributed by atoms with van der Waals surface area (Å²) in [5, 5.41) is 8.64. The highest BCUT2D eigenvalue weighted by Crippen LogP contribution is 2.07. The summed E-state index contributed by atoms with van der Waals surface area (Å²) in [6.07, 6.45) is 2.50. The fraction of sp³-hybridized carbons (Fsp3) is 0.400. The van der Waals surface area contributed by atoms with Crippen molar-refractivity contribution in [3.63, 3.8) is 0 Å². The van der Waals surface area contributed by atoms with Crippen molar-refractivity contribution in [2.24, 2.45) is 0 Å². The van der Waals surface area contributed by atoms with Crippen molar-refractivity contribution in [1.82, 2.24) is 4.90 Å². The van der Waals surface area contributed by atoms with Crippen LogP contribution in [0.4, 0.5) is 0 Å². The average Bonchev–Trinajstić information content (AvgIpc) is 2.45. The maximum atomic E-state index is 12.1. The van der Waals surface area contributed by atoms with E-state index in [1.165, 1.54) is 0 Å². The van der Waals surface area contributed by atoms with Gasteiger partial charge in [-0.3, -0.25) is 4.79 Å². The highest BCUT2D eigenvalue weighted by atomic mass is 32.2. The van der Waals surface area contributed by atoms with Crippen LogP contribution in [0.1, 0.15) is 22.3 Å². The van der Waals surface area contributed by atoms with Gasteiger partial charge in [-0.05, 0) is 30.5 Å². The molecule has 1 rings (SSSR count). The van der Waals surface area contributed by atoms with Crippen LogP contribution in [0.25, 0.3) is 0 Å². The molecule has 1 aromatic rings. The maximum Gasteiger partial charge on any atom is 0.253 e. The summed E-state index contributed by atoms with van der Waals surface area (Å²) >= 11 is 1.72. The van der Waals surface area contributed by atoms with Crippen molar-refractivity contribution < 1.29 is 9.90 Å². The highest BCUT2D eigenvalue weighted by Gasteiger charge is 2.10. The van der Waals surface area contributed by atoms with E-state index in [0.717, 1.165) is 17.9 Å². The summed E-state index contributed by atoms with van der Waals surface area (Å²) in [5.74, 6) is 6.76. The van der Waals surface area contributed by atoms with E-state index < -0.39 is 0 Å². The van der Waals surface area contributed by atoms with Crippen LogP contribution in [0.5, 0.6) is 0 Å². The Kier molecular flexibility index (Phi) is 7.09. The molecule has 0 saturated heterocycles. The van der Waals surface area contributed by atoms with Gasteiger partial charge in [0.05, 0.1) is 6.61 Å². The first-order chi connectivity index (χ1) is 9.19. The van der Waals surface area contributed by atoms with Gasteiger partial charge in [-0.2, -0.15) is 11.8 Å². The molecule has 0 aromatic heterocycles. The molecule has 0 aliphatic rings. The van der Waals surface area contributed by atoms with E-state index in [-0.39, 0.29) is 12.5 Å². The first-order valence-electron chi connectivity index (χ1n) is 6.13. The van der Waals surface area contributed by atoms with Crippen molar-refractivity contribution in [2.45, 2.75) is 6.42 Å². The topological polar surface area (TPSA) is 40.5 Å². The third kappa shape index (κ3) is 5.37. The van der Waals surface area contributed by atoms with E-state index in [0.29, 0.717) is 12.0 Å². The number of carbonyl (C=O) groups is 1. The number of benzene rings is 1. The Labute approximate surface area is 119 Å². The molecule has 0 aliphatic heterocycles. The predicted octanol–water partition coefficient (Wildman–Crippen LogP) is 1.86. The molecule has 102 valence electrons. The quantitative estimate of drug-likeness (QED) is 0.835. The Morgan fingerprint density at radius 1 is 1.37 bits per heavy atom. The molecule has 0 aliphatic carbocycles. The van der Waals surface area contributed by atoms with Gasteiger partial charge in [0.1, 0.15) is 0 Å². The van der Waals surface area contributed by atoms with Crippen LogP contribution in [0.15, 0.2) is 24.3 Å². The van der Waals surface area contributed by atoms with Crippen molar-refractivity contribution in [3.05, 3.63) is 35.4 Å². The normalized spacial score (nSPS) is 9.63. The molecule has 0 spiro atoms. The minimum absolute atomic E-state index is 0.0314. The molecule has 0 heterocycles. The van der Waals surface area contributed by atoms with Crippen molar-refractivity contribution in [1.29, 1.82) is 0 Å². The number of carbonyl (C=O) groups excluding carboxylic acids is 1. The first-order valence-corrected chi connectivity index (χ1v) is 7.52. The zero-order valence-corrected chi connectivity index (χ0v) is 12.2. The lowest BCUT2D eigenvalue weighted by Crippen LogP contribution is -2.28. The second-order valence-corrected chi connectivity index (χ2v) is 5.06. The number of rotatable bonds is 5. The van der Waals surface area contributed by atoms with E-state index in [1.54, 1.807) is 28.8 Å². The van der Waals surface area contributed by atoms with E-state index in [2.05, 4.69) is 11.8 Å². The summed E-state index contributed by atoms with van der Waals surface area (Å²) in [7, 11) is 1.81. The van der Waals surface area contributed by atoms with E-state index >= 15 is 0 Å². The molecular formula is C15H19NO2S. The molecule has 3 nitrogen and oxygen atoms in total. The van der Waals surface area contributed by atoms with Crippen molar-refractivity contribution in [2.75, 3.05) is 32.2 Å². The van der Waals surface area contributed by atoms with Crippen molar-refractivity contribution >= 4 is 17.7 Å². The third-order valence-corrected chi connectivity index (χ3v) is 3.17. The molecular weight excluding hydrogens is 258 g/mol. The van der Waals surface area contributed by atoms with Crippen LogP contribution >= 0.6 is 11.8 Å². The van der Waals surface area contributed by atoms with Gasteiger partial charge in [0.15, 0.2) is 0 Å². The minimum Gasteiger partial charge on any atom is -0.395 e. The number of nitrogens with zero attached hydrogens (tertiary/aromatic N) is 1. The molecule has 0 radical (unpaired) electrons. The van der Waals surface area contributed by atoms with Crippen LogP contribution in [0.3, 0.4) is 0 Å². The molecule has 4 heteroatoms. The molecule has 0 atom stereocenters. The van der Waals surface area contributed by atoms with Crippen LogP contribution in [0.2, 0.25) is 0 Å². The number of aliphatic hydroxyl groups is 1. The Morgan fingerprint density at radius 3 is 2.63 bits per heavy atom. The Morgan fingerprint density at radius 2 is 2.05 bits per heavy atom. The van der Waals surface area contributed by atoms with Gasteiger partial charge in [-0.15, -0.1) is 0 Å². The lowest BCUT2D eigenvalue weighted by atomic mass is 10.1. The predicted molar refractivity (Wildman–Crippen MR) is 80.4 cm³/mol. The molecule has 1 amide bonds. The zero-order chi connectivity index (χ0) is 14.1. The van der Waals surface area contributed by atoms with Gasteiger partial charge >= 0.3 is 0 Å².